The van der Waals surface area contributed by atoms with E-state index < -0.39 is 6.04 Å². The highest BCUT2D eigenvalue weighted by Crippen LogP contribution is 2.21. The van der Waals surface area contributed by atoms with Gasteiger partial charge in [0, 0.05) is 25.7 Å². The van der Waals surface area contributed by atoms with Crippen LogP contribution in [-0.4, -0.2) is 49.0 Å². The van der Waals surface area contributed by atoms with E-state index in [9.17, 15) is 9.59 Å². The summed E-state index contributed by atoms with van der Waals surface area (Å²) in [6, 6.07) is 5.65. The van der Waals surface area contributed by atoms with Crippen molar-refractivity contribution in [1.29, 1.82) is 0 Å². The van der Waals surface area contributed by atoms with E-state index >= 15 is 0 Å². The molecule has 0 bridgehead atoms. The van der Waals surface area contributed by atoms with E-state index in [1.54, 1.807) is 7.11 Å². The smallest absolute Gasteiger partial charge is 0.237 e. The largest absolute Gasteiger partial charge is 0.496 e. The molecule has 1 aromatic rings. The molecule has 1 fully saturated rings. The molecule has 6 nitrogen and oxygen atoms in total. The Balaban J connectivity index is 2.09. The molecular weight excluding hydrogens is 306 g/mol. The van der Waals surface area contributed by atoms with E-state index in [2.05, 4.69) is 21.6 Å². The number of amides is 2. The standard InChI is InChI=1S/C18H27N3O3/c1-12(2)20-17(22)10-15-18(23)19-7-8-21(15)11-14-5-6-16(24-4)13(3)9-14/h5-6,9,12,15H,7-8,10-11H2,1-4H3,(H,19,23)(H,20,22)/t15-/m0/s1. The van der Waals surface area contributed by atoms with E-state index in [1.807, 2.05) is 32.9 Å². The third kappa shape index (κ3) is 4.71. The van der Waals surface area contributed by atoms with Crippen molar-refractivity contribution in [2.75, 3.05) is 20.2 Å². The van der Waals surface area contributed by atoms with Crippen LogP contribution in [0.15, 0.2) is 18.2 Å². The van der Waals surface area contributed by atoms with Gasteiger partial charge in [0.05, 0.1) is 19.6 Å². The van der Waals surface area contributed by atoms with E-state index in [1.165, 1.54) is 0 Å². The number of aryl methyl sites for hydroxylation is 1. The Morgan fingerprint density at radius 1 is 1.46 bits per heavy atom. The lowest BCUT2D eigenvalue weighted by Crippen LogP contribution is -2.56. The Hall–Kier alpha value is -2.08. The van der Waals surface area contributed by atoms with Crippen LogP contribution in [0.5, 0.6) is 5.75 Å². The van der Waals surface area contributed by atoms with Gasteiger partial charge in [-0.25, -0.2) is 0 Å². The van der Waals surface area contributed by atoms with Gasteiger partial charge in [0.1, 0.15) is 5.75 Å². The summed E-state index contributed by atoms with van der Waals surface area (Å²) >= 11 is 0. The molecular formula is C18H27N3O3. The van der Waals surface area contributed by atoms with E-state index in [-0.39, 0.29) is 24.3 Å². The summed E-state index contributed by atoms with van der Waals surface area (Å²) in [5.74, 6) is 0.677. The lowest BCUT2D eigenvalue weighted by atomic mass is 10.0. The summed E-state index contributed by atoms with van der Waals surface area (Å²) in [4.78, 5) is 26.4. The summed E-state index contributed by atoms with van der Waals surface area (Å²) in [5.41, 5.74) is 2.17. The normalized spacial score (nSPS) is 18.4. The number of carbonyl (C=O) groups is 2. The molecule has 2 N–H and O–H groups in total. The second-order valence-corrected chi connectivity index (χ2v) is 6.51. The Morgan fingerprint density at radius 2 is 2.21 bits per heavy atom. The number of rotatable bonds is 6. The molecule has 24 heavy (non-hydrogen) atoms. The van der Waals surface area contributed by atoms with Crippen molar-refractivity contribution in [3.8, 4) is 5.75 Å². The van der Waals surface area contributed by atoms with Gasteiger partial charge in [0.2, 0.25) is 11.8 Å². The first-order valence-corrected chi connectivity index (χ1v) is 8.35. The Kier molecular flexibility index (Phi) is 6.20. The number of nitrogens with zero attached hydrogens (tertiary/aromatic N) is 1. The first-order valence-electron chi connectivity index (χ1n) is 8.35. The van der Waals surface area contributed by atoms with Gasteiger partial charge in [-0.15, -0.1) is 0 Å². The van der Waals surface area contributed by atoms with Gasteiger partial charge in [-0.2, -0.15) is 0 Å². The number of hydrogen-bond donors (Lipinski definition) is 2. The molecule has 0 unspecified atom stereocenters. The van der Waals surface area contributed by atoms with Gasteiger partial charge < -0.3 is 15.4 Å². The van der Waals surface area contributed by atoms with Crippen LogP contribution < -0.4 is 15.4 Å². The zero-order valence-electron chi connectivity index (χ0n) is 14.9. The van der Waals surface area contributed by atoms with Crippen molar-refractivity contribution in [2.45, 2.75) is 45.8 Å². The van der Waals surface area contributed by atoms with Gasteiger partial charge in [0.25, 0.3) is 0 Å². The fraction of sp³-hybridized carbons (Fsp3) is 0.556. The van der Waals surface area contributed by atoms with Crippen LogP contribution in [0.3, 0.4) is 0 Å². The molecule has 2 amide bonds. The van der Waals surface area contributed by atoms with Crippen LogP contribution in [0, 0.1) is 6.92 Å². The minimum atomic E-state index is -0.431. The Bertz CT molecular complexity index is 601. The number of hydrogen-bond acceptors (Lipinski definition) is 4. The van der Waals surface area contributed by atoms with Crippen LogP contribution in [0.2, 0.25) is 0 Å². The van der Waals surface area contributed by atoms with Crippen molar-refractivity contribution in [1.82, 2.24) is 15.5 Å². The third-order valence-electron chi connectivity index (χ3n) is 4.12. The minimum Gasteiger partial charge on any atom is -0.496 e. The molecule has 0 aromatic heterocycles. The SMILES string of the molecule is COc1ccc(CN2CCNC(=O)[C@@H]2CC(=O)NC(C)C)cc1C. The maximum atomic E-state index is 12.2. The van der Waals surface area contributed by atoms with Crippen LogP contribution in [-0.2, 0) is 16.1 Å². The highest BCUT2D eigenvalue weighted by molar-refractivity contribution is 5.88. The number of methoxy groups -OCH3 is 1. The molecule has 1 atom stereocenters. The third-order valence-corrected chi connectivity index (χ3v) is 4.12. The molecule has 1 aliphatic heterocycles. The van der Waals surface area contributed by atoms with Crippen LogP contribution in [0.1, 0.15) is 31.4 Å². The van der Waals surface area contributed by atoms with Crippen LogP contribution in [0.25, 0.3) is 0 Å². The number of piperazine rings is 1. The lowest BCUT2D eigenvalue weighted by molar-refractivity contribution is -0.134. The Labute approximate surface area is 143 Å². The zero-order valence-corrected chi connectivity index (χ0v) is 14.9. The average molecular weight is 333 g/mol. The van der Waals surface area contributed by atoms with Gasteiger partial charge in [-0.3, -0.25) is 14.5 Å². The number of carbonyl (C=O) groups excluding carboxylic acids is 2. The van der Waals surface area contributed by atoms with Crippen molar-refractivity contribution in [3.63, 3.8) is 0 Å². The van der Waals surface area contributed by atoms with Crippen molar-refractivity contribution in [3.05, 3.63) is 29.3 Å². The molecule has 0 spiro atoms. The second-order valence-electron chi connectivity index (χ2n) is 6.51. The van der Waals surface area contributed by atoms with E-state index in [4.69, 9.17) is 4.74 Å². The monoisotopic (exact) mass is 333 g/mol. The topological polar surface area (TPSA) is 70.7 Å². The molecule has 0 aliphatic carbocycles. The van der Waals surface area contributed by atoms with Gasteiger partial charge in [-0.05, 0) is 38.0 Å². The molecule has 1 aliphatic rings. The minimum absolute atomic E-state index is 0.0711. The zero-order chi connectivity index (χ0) is 17.7. The van der Waals surface area contributed by atoms with Crippen molar-refractivity contribution < 1.29 is 14.3 Å². The predicted octanol–water partition coefficient (Wildman–Crippen LogP) is 1.22. The fourth-order valence-corrected chi connectivity index (χ4v) is 3.00. The molecule has 132 valence electrons. The lowest BCUT2D eigenvalue weighted by Gasteiger charge is -2.35. The van der Waals surface area contributed by atoms with Crippen molar-refractivity contribution in [2.24, 2.45) is 0 Å². The quantitative estimate of drug-likeness (QED) is 0.821. The molecule has 2 rings (SSSR count). The fourth-order valence-electron chi connectivity index (χ4n) is 3.00. The molecule has 0 radical (unpaired) electrons. The molecule has 1 aromatic carbocycles. The van der Waals surface area contributed by atoms with E-state index in [0.717, 1.165) is 23.4 Å². The van der Waals surface area contributed by atoms with Crippen LogP contribution in [0.4, 0.5) is 0 Å². The van der Waals surface area contributed by atoms with Crippen LogP contribution >= 0.6 is 0 Å². The van der Waals surface area contributed by atoms with E-state index in [0.29, 0.717) is 13.1 Å². The maximum Gasteiger partial charge on any atom is 0.237 e. The summed E-state index contributed by atoms with van der Waals surface area (Å²) in [6.07, 6.45) is 0.180. The summed E-state index contributed by atoms with van der Waals surface area (Å²) in [7, 11) is 1.65. The summed E-state index contributed by atoms with van der Waals surface area (Å²) in [5, 5.41) is 5.71. The van der Waals surface area contributed by atoms with Gasteiger partial charge in [-0.1, -0.05) is 12.1 Å². The average Bonchev–Trinajstić information content (AvgIpc) is 2.50. The molecule has 6 heteroatoms. The highest BCUT2D eigenvalue weighted by atomic mass is 16.5. The molecule has 1 heterocycles. The summed E-state index contributed by atoms with van der Waals surface area (Å²) in [6.45, 7) is 7.80. The summed E-state index contributed by atoms with van der Waals surface area (Å²) < 4.78 is 5.29. The Morgan fingerprint density at radius 3 is 2.83 bits per heavy atom. The number of benzene rings is 1. The first kappa shape index (κ1) is 18.3. The molecule has 0 saturated carbocycles. The number of nitrogens with one attached hydrogen (secondary N) is 2. The highest BCUT2D eigenvalue weighted by Gasteiger charge is 2.31. The van der Waals surface area contributed by atoms with Gasteiger partial charge in [0.15, 0.2) is 0 Å². The second kappa shape index (κ2) is 8.15. The predicted molar refractivity (Wildman–Crippen MR) is 92.8 cm³/mol. The molecule has 1 saturated heterocycles. The number of ether oxygens (including phenoxy) is 1. The first-order chi connectivity index (χ1) is 11.4. The van der Waals surface area contributed by atoms with Crippen molar-refractivity contribution >= 4 is 11.8 Å². The maximum absolute atomic E-state index is 12.2. The van der Waals surface area contributed by atoms with Gasteiger partial charge >= 0.3 is 0 Å².